The van der Waals surface area contributed by atoms with Gasteiger partial charge in [0.2, 0.25) is 0 Å². The van der Waals surface area contributed by atoms with E-state index in [4.69, 9.17) is 16.3 Å². The molecule has 1 N–H and O–H groups in total. The highest BCUT2D eigenvalue weighted by Gasteiger charge is 2.40. The van der Waals surface area contributed by atoms with Crippen LogP contribution in [0.3, 0.4) is 0 Å². The number of nitrogens with zero attached hydrogens (tertiary/aromatic N) is 1. The van der Waals surface area contributed by atoms with Crippen molar-refractivity contribution < 1.29 is 14.3 Å². The first-order valence-electron chi connectivity index (χ1n) is 9.92. The third-order valence-corrected chi connectivity index (χ3v) is 6.25. The van der Waals surface area contributed by atoms with Crippen molar-refractivity contribution in [2.24, 2.45) is 0 Å². The molecule has 0 fully saturated rings. The Labute approximate surface area is 196 Å². The molecule has 4 rings (SSSR count). The maximum absolute atomic E-state index is 13.5. The van der Waals surface area contributed by atoms with Gasteiger partial charge in [-0.1, -0.05) is 41.6 Å². The summed E-state index contributed by atoms with van der Waals surface area (Å²) in [4.78, 5) is 29.3. The molecule has 0 saturated carbocycles. The smallest absolute Gasteiger partial charge is 0.283 e. The molecule has 0 unspecified atom stereocenters. The molecule has 0 atom stereocenters. The molecule has 0 bridgehead atoms. The number of carbonyl (C=O) groups excluding carboxylic acids is 2. The van der Waals surface area contributed by atoms with E-state index in [2.05, 4.69) is 5.32 Å². The summed E-state index contributed by atoms with van der Waals surface area (Å²) in [5, 5.41) is 3.75. The lowest BCUT2D eigenvalue weighted by molar-refractivity contribution is -0.120. The van der Waals surface area contributed by atoms with Crippen molar-refractivity contribution in [2.45, 2.75) is 18.7 Å². The molecule has 0 aromatic heterocycles. The number of anilines is 2. The molecule has 3 aromatic rings. The highest BCUT2D eigenvalue weighted by Crippen LogP contribution is 2.39. The molecule has 2 amide bonds. The number of thioether (sulfide) groups is 1. The standard InChI is InChI=1S/C25H21ClN2O3S/c1-15-12-16(2)14-18(13-15)28-24(29)22(27-20-6-4-5-7-21(20)31-3)23(25(28)30)32-19-10-8-17(26)9-11-19/h4-14,27H,1-3H3. The van der Waals surface area contributed by atoms with Gasteiger partial charge >= 0.3 is 0 Å². The van der Waals surface area contributed by atoms with Gasteiger partial charge in [0.05, 0.1) is 18.5 Å². The number of methoxy groups -OCH3 is 1. The van der Waals surface area contributed by atoms with Gasteiger partial charge in [-0.25, -0.2) is 4.90 Å². The van der Waals surface area contributed by atoms with Crippen molar-refractivity contribution in [1.82, 2.24) is 0 Å². The Morgan fingerprint density at radius 1 is 0.906 bits per heavy atom. The maximum Gasteiger partial charge on any atom is 0.283 e. The molecule has 1 aliphatic rings. The summed E-state index contributed by atoms with van der Waals surface area (Å²) in [7, 11) is 1.56. The molecule has 5 nitrogen and oxygen atoms in total. The van der Waals surface area contributed by atoms with Gasteiger partial charge in [-0.15, -0.1) is 0 Å². The van der Waals surface area contributed by atoms with E-state index in [-0.39, 0.29) is 11.6 Å². The maximum atomic E-state index is 13.5. The number of hydrogen-bond donors (Lipinski definition) is 1. The van der Waals surface area contributed by atoms with Gasteiger partial charge in [-0.05, 0) is 73.5 Å². The van der Waals surface area contributed by atoms with Crippen molar-refractivity contribution >= 4 is 46.6 Å². The van der Waals surface area contributed by atoms with Gasteiger partial charge in [0.1, 0.15) is 16.4 Å². The van der Waals surface area contributed by atoms with Crippen molar-refractivity contribution in [2.75, 3.05) is 17.3 Å². The van der Waals surface area contributed by atoms with Crippen LogP contribution in [0.25, 0.3) is 0 Å². The van der Waals surface area contributed by atoms with Gasteiger partial charge in [0.15, 0.2) is 0 Å². The fourth-order valence-corrected chi connectivity index (χ4v) is 4.58. The third-order valence-electron chi connectivity index (χ3n) is 4.91. The van der Waals surface area contributed by atoms with E-state index in [1.54, 1.807) is 31.4 Å². The summed E-state index contributed by atoms with van der Waals surface area (Å²) in [5.74, 6) is -0.222. The van der Waals surface area contributed by atoms with Crippen molar-refractivity contribution in [3.05, 3.63) is 93.5 Å². The number of rotatable bonds is 6. The minimum atomic E-state index is -0.414. The van der Waals surface area contributed by atoms with Crippen LogP contribution in [0.2, 0.25) is 5.02 Å². The first-order valence-corrected chi connectivity index (χ1v) is 11.1. The molecular weight excluding hydrogens is 444 g/mol. The molecule has 162 valence electrons. The van der Waals surface area contributed by atoms with E-state index in [0.717, 1.165) is 16.0 Å². The van der Waals surface area contributed by atoms with E-state index < -0.39 is 5.91 Å². The van der Waals surface area contributed by atoms with Crippen LogP contribution in [0.5, 0.6) is 5.75 Å². The number of halogens is 1. The summed E-state index contributed by atoms with van der Waals surface area (Å²) in [5.41, 5.74) is 3.29. The first kappa shape index (κ1) is 22.0. The van der Waals surface area contributed by atoms with Crippen LogP contribution in [0, 0.1) is 13.8 Å². The average Bonchev–Trinajstić information content (AvgIpc) is 2.99. The number of nitrogens with one attached hydrogen (secondary N) is 1. The first-order chi connectivity index (χ1) is 15.4. The van der Waals surface area contributed by atoms with Crippen molar-refractivity contribution in [3.63, 3.8) is 0 Å². The van der Waals surface area contributed by atoms with E-state index in [0.29, 0.717) is 27.1 Å². The van der Waals surface area contributed by atoms with Crippen molar-refractivity contribution in [3.8, 4) is 5.75 Å². The number of para-hydroxylation sites is 2. The van der Waals surface area contributed by atoms with Crippen LogP contribution >= 0.6 is 23.4 Å². The van der Waals surface area contributed by atoms with Crippen LogP contribution in [-0.4, -0.2) is 18.9 Å². The average molecular weight is 465 g/mol. The summed E-state index contributed by atoms with van der Waals surface area (Å²) in [6.45, 7) is 3.87. The zero-order chi connectivity index (χ0) is 22.8. The Morgan fingerprint density at radius 3 is 2.22 bits per heavy atom. The molecule has 0 saturated heterocycles. The summed E-state index contributed by atoms with van der Waals surface area (Å²) in [6, 6.07) is 20.1. The zero-order valence-electron chi connectivity index (χ0n) is 17.8. The van der Waals surface area contributed by atoms with Crippen LogP contribution in [-0.2, 0) is 9.59 Å². The quantitative estimate of drug-likeness (QED) is 0.456. The lowest BCUT2D eigenvalue weighted by Crippen LogP contribution is -2.32. The summed E-state index contributed by atoms with van der Waals surface area (Å²) < 4.78 is 5.41. The van der Waals surface area contributed by atoms with Crippen molar-refractivity contribution in [1.29, 1.82) is 0 Å². The largest absolute Gasteiger partial charge is 0.495 e. The van der Waals surface area contributed by atoms with E-state index in [9.17, 15) is 9.59 Å². The summed E-state index contributed by atoms with van der Waals surface area (Å²) in [6.07, 6.45) is 0. The van der Waals surface area contributed by atoms with Gasteiger partial charge in [-0.2, -0.15) is 0 Å². The normalized spacial score (nSPS) is 13.7. The van der Waals surface area contributed by atoms with Gasteiger partial charge in [-0.3, -0.25) is 9.59 Å². The number of benzene rings is 3. The highest BCUT2D eigenvalue weighted by molar-refractivity contribution is 8.04. The Morgan fingerprint density at radius 2 is 1.56 bits per heavy atom. The predicted octanol–water partition coefficient (Wildman–Crippen LogP) is 5.95. The number of ether oxygens (including phenoxy) is 1. The SMILES string of the molecule is COc1ccccc1NC1=C(Sc2ccc(Cl)cc2)C(=O)N(c2cc(C)cc(C)c2)C1=O. The van der Waals surface area contributed by atoms with Crippen LogP contribution in [0.4, 0.5) is 11.4 Å². The Bertz CT molecular complexity index is 1220. The number of carbonyl (C=O) groups is 2. The van der Waals surface area contributed by atoms with Crippen LogP contribution < -0.4 is 15.0 Å². The minimum Gasteiger partial charge on any atom is -0.495 e. The molecule has 1 aliphatic heterocycles. The van der Waals surface area contributed by atoms with Crippen LogP contribution in [0.1, 0.15) is 11.1 Å². The molecule has 7 heteroatoms. The predicted molar refractivity (Wildman–Crippen MR) is 129 cm³/mol. The molecule has 0 spiro atoms. The number of amides is 2. The monoisotopic (exact) mass is 464 g/mol. The number of aryl methyl sites for hydroxylation is 2. The second-order valence-corrected chi connectivity index (χ2v) is 8.90. The van der Waals surface area contributed by atoms with Crippen LogP contribution in [0.15, 0.2) is 82.2 Å². The lowest BCUT2D eigenvalue weighted by Gasteiger charge is -2.17. The van der Waals surface area contributed by atoms with E-state index >= 15 is 0 Å². The Kier molecular flexibility index (Phi) is 6.26. The number of hydrogen-bond acceptors (Lipinski definition) is 5. The minimum absolute atomic E-state index is 0.207. The lowest BCUT2D eigenvalue weighted by atomic mass is 10.1. The van der Waals surface area contributed by atoms with Gasteiger partial charge < -0.3 is 10.1 Å². The summed E-state index contributed by atoms with van der Waals surface area (Å²) >= 11 is 7.23. The molecule has 3 aromatic carbocycles. The Balaban J connectivity index is 1.78. The second kappa shape index (κ2) is 9.10. The van der Waals surface area contributed by atoms with E-state index in [1.165, 1.54) is 16.7 Å². The highest BCUT2D eigenvalue weighted by atomic mass is 35.5. The van der Waals surface area contributed by atoms with Gasteiger partial charge in [0.25, 0.3) is 11.8 Å². The topological polar surface area (TPSA) is 58.6 Å². The molecule has 32 heavy (non-hydrogen) atoms. The second-order valence-electron chi connectivity index (χ2n) is 7.38. The van der Waals surface area contributed by atoms with Gasteiger partial charge in [0, 0.05) is 9.92 Å². The van der Waals surface area contributed by atoms with E-state index in [1.807, 2.05) is 56.3 Å². The zero-order valence-corrected chi connectivity index (χ0v) is 19.4. The fourth-order valence-electron chi connectivity index (χ4n) is 3.53. The molecule has 0 radical (unpaired) electrons. The molecular formula is C25H21ClN2O3S. The third kappa shape index (κ3) is 4.38. The molecule has 1 heterocycles. The number of imide groups is 1. The molecule has 0 aliphatic carbocycles. The fraction of sp³-hybridized carbons (Fsp3) is 0.120. The Hall–Kier alpha value is -3.22.